The highest BCUT2D eigenvalue weighted by molar-refractivity contribution is 5.97. The van der Waals surface area contributed by atoms with Crippen LogP contribution in [0.5, 0.6) is 0 Å². The number of ether oxygens (including phenoxy) is 1. The highest BCUT2D eigenvalue weighted by Crippen LogP contribution is 2.24. The topological polar surface area (TPSA) is 162 Å². The molecule has 13 nitrogen and oxygen atoms in total. The van der Waals surface area contributed by atoms with Crippen molar-refractivity contribution < 1.29 is 38.3 Å². The van der Waals surface area contributed by atoms with Gasteiger partial charge in [-0.1, -0.05) is 117 Å². The van der Waals surface area contributed by atoms with E-state index in [1.165, 1.54) is 35.6 Å². The molecule has 0 saturated carbocycles. The lowest BCUT2D eigenvalue weighted by Gasteiger charge is -2.35. The Hall–Kier alpha value is -4.29. The van der Waals surface area contributed by atoms with Gasteiger partial charge in [-0.3, -0.25) is 28.8 Å². The normalized spacial score (nSPS) is 26.1. The average Bonchev–Trinajstić information content (AvgIpc) is 3.22. The Morgan fingerprint density at radius 3 is 1.67 bits per heavy atom. The quantitative estimate of drug-likeness (QED) is 0.200. The highest BCUT2D eigenvalue weighted by atomic mass is 16.5. The number of hydrogen-bond donors (Lipinski definition) is 2. The van der Waals surface area contributed by atoms with Gasteiger partial charge >= 0.3 is 5.97 Å². The predicted octanol–water partition coefficient (Wildman–Crippen LogP) is 6.11. The lowest BCUT2D eigenvalue weighted by molar-refractivity contribution is -0.162. The van der Waals surface area contributed by atoms with Crippen molar-refractivity contribution in [1.29, 1.82) is 0 Å². The van der Waals surface area contributed by atoms with Crippen molar-refractivity contribution in [2.24, 2.45) is 23.7 Å². The van der Waals surface area contributed by atoms with Crippen LogP contribution in [0.25, 0.3) is 0 Å². The molecule has 0 spiro atoms. The van der Waals surface area contributed by atoms with Gasteiger partial charge in [0.05, 0.1) is 6.04 Å². The third-order valence-corrected chi connectivity index (χ3v) is 12.1. The number of likely N-dealkylation sites (N-methyl/N-ethyl adjacent to an activating group) is 3. The van der Waals surface area contributed by atoms with Crippen LogP contribution in [0.1, 0.15) is 139 Å². The Morgan fingerprint density at radius 1 is 0.667 bits per heavy atom. The summed E-state index contributed by atoms with van der Waals surface area (Å²) in [6.07, 6.45) is 5.32. The number of amides is 5. The Morgan fingerprint density at radius 2 is 1.17 bits per heavy atom. The summed E-state index contributed by atoms with van der Waals surface area (Å²) in [6, 6.07) is 4.16. The standard InChI is InChI=1S/C47H77N5O8/c1-13-16-21-31(6)26-37-45(57)50(10)33(8)47(59)60-34(9)42(54)48-38(27-32(7)22-17-14-2)46(58)51(11)39(25-30(4)5)41(53)29-36(15-3)44(56)52(12)40(43(55)49-37)28-35-23-19-18-20-24-35/h18-20,23-24,30-34,36-40H,13-17,21-22,25-29H2,1-12H3,(H,48,54)(H,49,55)/t31-,32-,33+,34-,36-,37?,38+,39+,40+/m1/s1. The van der Waals surface area contributed by atoms with Gasteiger partial charge in [-0.05, 0) is 62.8 Å². The molecule has 0 radical (unpaired) electrons. The van der Waals surface area contributed by atoms with Crippen LogP contribution in [0.3, 0.4) is 0 Å². The molecule has 60 heavy (non-hydrogen) atoms. The second kappa shape index (κ2) is 25.5. The molecule has 2 N–H and O–H groups in total. The van der Waals surface area contributed by atoms with Crippen LogP contribution in [0.15, 0.2) is 30.3 Å². The summed E-state index contributed by atoms with van der Waals surface area (Å²) < 4.78 is 5.63. The minimum absolute atomic E-state index is 0.0116. The van der Waals surface area contributed by atoms with Crippen LogP contribution in [0.4, 0.5) is 0 Å². The Kier molecular flexibility index (Phi) is 22.0. The minimum atomic E-state index is -1.31. The van der Waals surface area contributed by atoms with Crippen LogP contribution in [-0.2, 0) is 44.7 Å². The van der Waals surface area contributed by atoms with E-state index in [1.807, 2.05) is 65.0 Å². The number of esters is 1. The molecule has 1 heterocycles. The largest absolute Gasteiger partial charge is 0.451 e. The third-order valence-electron chi connectivity index (χ3n) is 12.1. The van der Waals surface area contributed by atoms with Crippen LogP contribution in [0, 0.1) is 23.7 Å². The second-order valence-corrected chi connectivity index (χ2v) is 17.8. The molecule has 1 aromatic rings. The number of Topliss-reactive ketones (excluding diaryl/α,β-unsaturated/α-hetero) is 1. The zero-order valence-corrected chi connectivity index (χ0v) is 38.8. The number of unbranched alkanes of at least 4 members (excludes halogenated alkanes) is 2. The molecule has 2 rings (SSSR count). The fourth-order valence-corrected chi connectivity index (χ4v) is 7.89. The van der Waals surface area contributed by atoms with E-state index in [0.717, 1.165) is 44.1 Å². The van der Waals surface area contributed by atoms with Gasteiger partial charge in [0.25, 0.3) is 5.91 Å². The van der Waals surface area contributed by atoms with E-state index in [1.54, 1.807) is 14.1 Å². The minimum Gasteiger partial charge on any atom is -0.451 e. The maximum absolute atomic E-state index is 14.5. The van der Waals surface area contributed by atoms with Crippen LogP contribution in [-0.4, -0.2) is 113 Å². The maximum atomic E-state index is 14.5. The van der Waals surface area contributed by atoms with Crippen molar-refractivity contribution in [3.05, 3.63) is 35.9 Å². The number of nitrogens with zero attached hydrogens (tertiary/aromatic N) is 3. The molecule has 1 aliphatic rings. The summed E-state index contributed by atoms with van der Waals surface area (Å²) in [7, 11) is 4.57. The monoisotopic (exact) mass is 840 g/mol. The fourth-order valence-electron chi connectivity index (χ4n) is 7.89. The number of carbonyl (C=O) groups is 7. The van der Waals surface area contributed by atoms with E-state index < -0.39 is 77.7 Å². The molecule has 1 aromatic carbocycles. The number of benzene rings is 1. The number of rotatable bonds is 15. The molecule has 5 amide bonds. The van der Waals surface area contributed by atoms with E-state index in [4.69, 9.17) is 4.74 Å². The molecule has 1 aliphatic heterocycles. The van der Waals surface area contributed by atoms with Crippen molar-refractivity contribution in [1.82, 2.24) is 25.3 Å². The lowest BCUT2D eigenvalue weighted by Crippen LogP contribution is -2.57. The molecule has 9 atom stereocenters. The SMILES string of the molecule is CCCC[C@@H](C)CC1NC(=O)[C@H](Cc2ccccc2)N(C)C(=O)[C@H](CC)CC(=O)[C@H](CC(C)C)N(C)C(=O)[C@H](C[C@H](C)CCCC)NC(=O)[C@@H](C)OC(=O)[C@H](C)N(C)C1=O. The number of nitrogens with one attached hydrogen (secondary N) is 2. The lowest BCUT2D eigenvalue weighted by atomic mass is 9.89. The van der Waals surface area contributed by atoms with E-state index in [0.29, 0.717) is 19.3 Å². The Balaban J connectivity index is 2.76. The summed E-state index contributed by atoms with van der Waals surface area (Å²) in [5, 5.41) is 5.80. The summed E-state index contributed by atoms with van der Waals surface area (Å²) in [6.45, 7) is 16.8. The molecular formula is C47H77N5O8. The number of carbonyl (C=O) groups excluding carboxylic acids is 7. The van der Waals surface area contributed by atoms with Gasteiger partial charge < -0.3 is 30.1 Å². The molecular weight excluding hydrogens is 763 g/mol. The van der Waals surface area contributed by atoms with E-state index >= 15 is 0 Å². The van der Waals surface area contributed by atoms with Crippen LogP contribution < -0.4 is 10.6 Å². The first-order chi connectivity index (χ1) is 28.3. The molecule has 338 valence electrons. The highest BCUT2D eigenvalue weighted by Gasteiger charge is 2.40. The summed E-state index contributed by atoms with van der Waals surface area (Å²) in [5.41, 5.74) is 0.799. The molecule has 0 aliphatic carbocycles. The van der Waals surface area contributed by atoms with Gasteiger partial charge in [-0.15, -0.1) is 0 Å². The molecule has 0 bridgehead atoms. The second-order valence-electron chi connectivity index (χ2n) is 17.8. The van der Waals surface area contributed by atoms with Crippen LogP contribution in [0.2, 0.25) is 0 Å². The first-order valence-electron chi connectivity index (χ1n) is 22.4. The zero-order chi connectivity index (χ0) is 45.3. The van der Waals surface area contributed by atoms with E-state index in [-0.39, 0.29) is 42.8 Å². The zero-order valence-electron chi connectivity index (χ0n) is 38.8. The van der Waals surface area contributed by atoms with Crippen molar-refractivity contribution in [2.75, 3.05) is 21.1 Å². The van der Waals surface area contributed by atoms with Crippen LogP contribution >= 0.6 is 0 Å². The van der Waals surface area contributed by atoms with Gasteiger partial charge in [-0.2, -0.15) is 0 Å². The van der Waals surface area contributed by atoms with E-state index in [2.05, 4.69) is 24.5 Å². The summed E-state index contributed by atoms with van der Waals surface area (Å²) in [5.74, 6) is -4.43. The van der Waals surface area contributed by atoms with Gasteiger partial charge in [-0.25, -0.2) is 4.79 Å². The van der Waals surface area contributed by atoms with Crippen molar-refractivity contribution in [2.45, 2.75) is 176 Å². The van der Waals surface area contributed by atoms with Crippen molar-refractivity contribution >= 4 is 41.3 Å². The van der Waals surface area contributed by atoms with Gasteiger partial charge in [0.1, 0.15) is 24.2 Å². The Bertz CT molecular complexity index is 1570. The van der Waals surface area contributed by atoms with Gasteiger partial charge in [0, 0.05) is 39.9 Å². The smallest absolute Gasteiger partial charge is 0.329 e. The molecule has 0 aromatic heterocycles. The molecule has 1 fully saturated rings. The number of ketones is 1. The Labute approximate surface area is 360 Å². The number of hydrogen-bond acceptors (Lipinski definition) is 8. The maximum Gasteiger partial charge on any atom is 0.329 e. The number of cyclic esters (lactones) is 1. The average molecular weight is 840 g/mol. The van der Waals surface area contributed by atoms with Gasteiger partial charge in [0.15, 0.2) is 11.9 Å². The third kappa shape index (κ3) is 15.6. The summed E-state index contributed by atoms with van der Waals surface area (Å²) >= 11 is 0. The van der Waals surface area contributed by atoms with Crippen molar-refractivity contribution in [3.8, 4) is 0 Å². The first-order valence-corrected chi connectivity index (χ1v) is 22.4. The fraction of sp³-hybridized carbons (Fsp3) is 0.723. The van der Waals surface area contributed by atoms with E-state index in [9.17, 15) is 33.6 Å². The predicted molar refractivity (Wildman–Crippen MR) is 234 cm³/mol. The van der Waals surface area contributed by atoms with Gasteiger partial charge in [0.2, 0.25) is 23.6 Å². The van der Waals surface area contributed by atoms with Crippen molar-refractivity contribution in [3.63, 3.8) is 0 Å². The molecule has 13 heteroatoms. The molecule has 1 saturated heterocycles. The molecule has 1 unspecified atom stereocenters. The summed E-state index contributed by atoms with van der Waals surface area (Å²) in [4.78, 5) is 103. The first kappa shape index (κ1) is 51.8.